The molecule has 1 aromatic carbocycles. The Hall–Kier alpha value is -2.11. The van der Waals surface area contributed by atoms with Crippen LogP contribution in [0.25, 0.3) is 0 Å². The summed E-state index contributed by atoms with van der Waals surface area (Å²) in [7, 11) is 0. The van der Waals surface area contributed by atoms with Gasteiger partial charge in [-0.1, -0.05) is 13.8 Å². The standard InChI is InChI=1S/C12H16FN3O2/c1-6(2)10(11(15)17)16-12(18)8-5-7(13)3-4-9(8)14/h3-6,10H,14H2,1-2H3,(H2,15,17)(H,16,18). The fourth-order valence-electron chi connectivity index (χ4n) is 1.51. The molecule has 1 unspecified atom stereocenters. The second-order valence-electron chi connectivity index (χ2n) is 4.33. The van der Waals surface area contributed by atoms with Gasteiger partial charge in [0.15, 0.2) is 0 Å². The maximum atomic E-state index is 13.0. The van der Waals surface area contributed by atoms with Crippen molar-refractivity contribution in [3.05, 3.63) is 29.6 Å². The Morgan fingerprint density at radius 1 is 1.33 bits per heavy atom. The van der Waals surface area contributed by atoms with Crippen molar-refractivity contribution in [2.24, 2.45) is 11.7 Å². The minimum atomic E-state index is -0.819. The fourth-order valence-corrected chi connectivity index (χ4v) is 1.51. The van der Waals surface area contributed by atoms with Gasteiger partial charge in [-0.25, -0.2) is 4.39 Å². The van der Waals surface area contributed by atoms with Crippen LogP contribution in [0.4, 0.5) is 10.1 Å². The summed E-state index contributed by atoms with van der Waals surface area (Å²) in [5, 5.41) is 2.44. The average molecular weight is 253 g/mol. The van der Waals surface area contributed by atoms with Crippen molar-refractivity contribution in [3.63, 3.8) is 0 Å². The van der Waals surface area contributed by atoms with Crippen molar-refractivity contribution in [1.82, 2.24) is 5.32 Å². The van der Waals surface area contributed by atoms with E-state index in [2.05, 4.69) is 5.32 Å². The van der Waals surface area contributed by atoms with Crippen LogP contribution in [0.1, 0.15) is 24.2 Å². The number of primary amides is 1. The third-order valence-electron chi connectivity index (χ3n) is 2.52. The third-order valence-corrected chi connectivity index (χ3v) is 2.52. The molecule has 5 nitrogen and oxygen atoms in total. The zero-order valence-electron chi connectivity index (χ0n) is 10.2. The number of hydrogen-bond acceptors (Lipinski definition) is 3. The summed E-state index contributed by atoms with van der Waals surface area (Å²) in [6.07, 6.45) is 0. The van der Waals surface area contributed by atoms with E-state index < -0.39 is 23.7 Å². The molecule has 2 amide bonds. The van der Waals surface area contributed by atoms with E-state index in [-0.39, 0.29) is 17.2 Å². The fraction of sp³-hybridized carbons (Fsp3) is 0.333. The highest BCUT2D eigenvalue weighted by Crippen LogP contribution is 2.14. The Morgan fingerprint density at radius 3 is 2.44 bits per heavy atom. The van der Waals surface area contributed by atoms with Crippen LogP contribution in [0.5, 0.6) is 0 Å². The molecule has 0 aromatic heterocycles. The Balaban J connectivity index is 2.94. The molecular formula is C12H16FN3O2. The van der Waals surface area contributed by atoms with Gasteiger partial charge in [0.1, 0.15) is 11.9 Å². The van der Waals surface area contributed by atoms with Gasteiger partial charge in [0.2, 0.25) is 5.91 Å². The largest absolute Gasteiger partial charge is 0.398 e. The van der Waals surface area contributed by atoms with E-state index in [1.54, 1.807) is 13.8 Å². The van der Waals surface area contributed by atoms with Crippen molar-refractivity contribution in [2.45, 2.75) is 19.9 Å². The van der Waals surface area contributed by atoms with E-state index in [9.17, 15) is 14.0 Å². The number of halogens is 1. The van der Waals surface area contributed by atoms with Gasteiger partial charge >= 0.3 is 0 Å². The number of nitrogen functional groups attached to an aromatic ring is 1. The number of nitrogens with one attached hydrogen (secondary N) is 1. The average Bonchev–Trinajstić information content (AvgIpc) is 2.28. The van der Waals surface area contributed by atoms with Gasteiger partial charge in [0, 0.05) is 5.69 Å². The molecule has 1 atom stereocenters. The summed E-state index contributed by atoms with van der Waals surface area (Å²) in [6.45, 7) is 3.48. The van der Waals surface area contributed by atoms with E-state index in [0.29, 0.717) is 0 Å². The van der Waals surface area contributed by atoms with Gasteiger partial charge in [-0.05, 0) is 24.1 Å². The first-order chi connectivity index (χ1) is 8.32. The quantitative estimate of drug-likeness (QED) is 0.687. The smallest absolute Gasteiger partial charge is 0.254 e. The molecule has 6 heteroatoms. The highest BCUT2D eigenvalue weighted by Gasteiger charge is 2.23. The van der Waals surface area contributed by atoms with Crippen LogP contribution in [0.3, 0.4) is 0 Å². The van der Waals surface area contributed by atoms with Gasteiger partial charge in [0.05, 0.1) is 5.56 Å². The Labute approximate surface area is 104 Å². The normalized spacial score (nSPS) is 12.2. The summed E-state index contributed by atoms with van der Waals surface area (Å²) < 4.78 is 13.0. The van der Waals surface area contributed by atoms with Crippen molar-refractivity contribution in [3.8, 4) is 0 Å². The SMILES string of the molecule is CC(C)C(NC(=O)c1cc(F)ccc1N)C(N)=O. The van der Waals surface area contributed by atoms with Crippen LogP contribution in [-0.4, -0.2) is 17.9 Å². The molecule has 1 aromatic rings. The monoisotopic (exact) mass is 253 g/mol. The van der Waals surface area contributed by atoms with Crippen LogP contribution < -0.4 is 16.8 Å². The van der Waals surface area contributed by atoms with Gasteiger partial charge in [-0.2, -0.15) is 0 Å². The maximum Gasteiger partial charge on any atom is 0.254 e. The summed E-state index contributed by atoms with van der Waals surface area (Å²) in [5.41, 5.74) is 10.9. The van der Waals surface area contributed by atoms with Gasteiger partial charge in [-0.3, -0.25) is 9.59 Å². The lowest BCUT2D eigenvalue weighted by Crippen LogP contribution is -2.47. The van der Waals surface area contributed by atoms with Crippen molar-refractivity contribution in [1.29, 1.82) is 0 Å². The number of hydrogen-bond donors (Lipinski definition) is 3. The number of nitrogens with two attached hydrogens (primary N) is 2. The molecule has 18 heavy (non-hydrogen) atoms. The molecule has 0 bridgehead atoms. The lowest BCUT2D eigenvalue weighted by molar-refractivity contribution is -0.120. The molecule has 0 spiro atoms. The molecule has 98 valence electrons. The van der Waals surface area contributed by atoms with E-state index in [0.717, 1.165) is 12.1 Å². The summed E-state index contributed by atoms with van der Waals surface area (Å²) in [6, 6.07) is 2.64. The molecule has 0 aliphatic rings. The second-order valence-corrected chi connectivity index (χ2v) is 4.33. The molecule has 5 N–H and O–H groups in total. The van der Waals surface area contributed by atoms with Crippen molar-refractivity contribution < 1.29 is 14.0 Å². The van der Waals surface area contributed by atoms with Gasteiger partial charge in [0.25, 0.3) is 5.91 Å². The van der Waals surface area contributed by atoms with Crippen molar-refractivity contribution in [2.75, 3.05) is 5.73 Å². The molecule has 0 aliphatic carbocycles. The zero-order valence-corrected chi connectivity index (χ0v) is 10.2. The first-order valence-electron chi connectivity index (χ1n) is 5.48. The van der Waals surface area contributed by atoms with E-state index in [1.165, 1.54) is 6.07 Å². The molecule has 1 rings (SSSR count). The second kappa shape index (κ2) is 5.48. The Bertz CT molecular complexity index is 474. The predicted octanol–water partition coefficient (Wildman–Crippen LogP) is 0.648. The lowest BCUT2D eigenvalue weighted by atomic mass is 10.0. The molecule has 0 radical (unpaired) electrons. The highest BCUT2D eigenvalue weighted by atomic mass is 19.1. The van der Waals surface area contributed by atoms with Crippen LogP contribution in [0, 0.1) is 11.7 Å². The highest BCUT2D eigenvalue weighted by molar-refractivity contribution is 6.01. The lowest BCUT2D eigenvalue weighted by Gasteiger charge is -2.19. The molecule has 0 saturated carbocycles. The first kappa shape index (κ1) is 14.0. The number of anilines is 1. The number of carbonyl (C=O) groups is 2. The van der Waals surface area contributed by atoms with E-state index in [4.69, 9.17) is 11.5 Å². The maximum absolute atomic E-state index is 13.0. The molecule has 0 aliphatic heterocycles. The Kier molecular flexibility index (Phi) is 4.25. The summed E-state index contributed by atoms with van der Waals surface area (Å²) in [4.78, 5) is 23.0. The number of carbonyl (C=O) groups excluding carboxylic acids is 2. The topological polar surface area (TPSA) is 98.2 Å². The first-order valence-corrected chi connectivity index (χ1v) is 5.48. The molecular weight excluding hydrogens is 237 g/mol. The molecule has 0 heterocycles. The summed E-state index contributed by atoms with van der Waals surface area (Å²) >= 11 is 0. The molecule has 0 saturated heterocycles. The predicted molar refractivity (Wildman–Crippen MR) is 66.1 cm³/mol. The Morgan fingerprint density at radius 2 is 1.94 bits per heavy atom. The minimum Gasteiger partial charge on any atom is -0.398 e. The van der Waals surface area contributed by atoms with Crippen molar-refractivity contribution >= 4 is 17.5 Å². The summed E-state index contributed by atoms with van der Waals surface area (Å²) in [5.74, 6) is -2.01. The van der Waals surface area contributed by atoms with Gasteiger partial charge < -0.3 is 16.8 Å². The minimum absolute atomic E-state index is 0.0121. The van der Waals surface area contributed by atoms with Crippen LogP contribution >= 0.6 is 0 Å². The zero-order chi connectivity index (χ0) is 13.9. The van der Waals surface area contributed by atoms with Crippen LogP contribution in [0.2, 0.25) is 0 Å². The van der Waals surface area contributed by atoms with E-state index in [1.807, 2.05) is 0 Å². The van der Waals surface area contributed by atoms with Gasteiger partial charge in [-0.15, -0.1) is 0 Å². The number of rotatable bonds is 4. The number of amides is 2. The van der Waals surface area contributed by atoms with E-state index >= 15 is 0 Å². The number of benzene rings is 1. The van der Waals surface area contributed by atoms with Crippen LogP contribution in [-0.2, 0) is 4.79 Å². The van der Waals surface area contributed by atoms with Crippen LogP contribution in [0.15, 0.2) is 18.2 Å². The third kappa shape index (κ3) is 3.19. The molecule has 0 fully saturated rings.